The maximum absolute atomic E-state index is 13.1. The molecular weight excluding hydrogens is 457 g/mol. The van der Waals surface area contributed by atoms with Gasteiger partial charge in [-0.2, -0.15) is 0 Å². The molecule has 1 saturated carbocycles. The Bertz CT molecular complexity index is 1110. The van der Waals surface area contributed by atoms with E-state index in [1.165, 1.54) is 30.7 Å². The number of nitrogens with one attached hydrogen (secondary N) is 2. The highest BCUT2D eigenvalue weighted by molar-refractivity contribution is 7.92. The molecule has 0 unspecified atom stereocenters. The summed E-state index contributed by atoms with van der Waals surface area (Å²) >= 11 is 0. The van der Waals surface area contributed by atoms with Crippen molar-refractivity contribution in [2.24, 2.45) is 5.92 Å². The Balaban J connectivity index is 1.28. The van der Waals surface area contributed by atoms with Crippen molar-refractivity contribution >= 4 is 27.5 Å². The zero-order chi connectivity index (χ0) is 24.1. The van der Waals surface area contributed by atoms with E-state index in [1.54, 1.807) is 12.1 Å². The maximum atomic E-state index is 13.1. The third kappa shape index (κ3) is 5.94. The number of carbonyl (C=O) groups excluding carboxylic acids is 2. The van der Waals surface area contributed by atoms with Crippen molar-refractivity contribution in [1.29, 1.82) is 0 Å². The number of rotatable bonds is 6. The first-order chi connectivity index (χ1) is 16.3. The van der Waals surface area contributed by atoms with Crippen LogP contribution in [0.3, 0.4) is 0 Å². The number of amides is 2. The Kier molecular flexibility index (Phi) is 7.50. The maximum Gasteiger partial charge on any atom is 0.261 e. The van der Waals surface area contributed by atoms with Gasteiger partial charge in [0.1, 0.15) is 5.82 Å². The van der Waals surface area contributed by atoms with Crippen LogP contribution in [0.15, 0.2) is 53.4 Å². The van der Waals surface area contributed by atoms with Gasteiger partial charge in [-0.15, -0.1) is 0 Å². The highest BCUT2D eigenvalue weighted by atomic mass is 32.2. The second-order valence-electron chi connectivity index (χ2n) is 9.04. The Morgan fingerprint density at radius 2 is 1.47 bits per heavy atom. The molecule has 2 aromatic rings. The molecule has 4 rings (SSSR count). The van der Waals surface area contributed by atoms with Crippen molar-refractivity contribution in [3.05, 3.63) is 59.9 Å². The molecule has 2 fully saturated rings. The van der Waals surface area contributed by atoms with Gasteiger partial charge < -0.3 is 10.2 Å². The van der Waals surface area contributed by atoms with Crippen LogP contribution in [0.25, 0.3) is 0 Å². The number of likely N-dealkylation sites (tertiary alicyclic amines) is 1. The Morgan fingerprint density at radius 3 is 2.09 bits per heavy atom. The van der Waals surface area contributed by atoms with Gasteiger partial charge in [-0.05, 0) is 74.2 Å². The molecular formula is C25H30FN3O4S. The third-order valence-electron chi connectivity index (χ3n) is 6.62. The SMILES string of the molecule is O=C(NC1CCN(C(=O)C2CCCCC2)CC1)c1ccc(NS(=O)(=O)c2ccc(F)cc2)cc1. The average Bonchev–Trinajstić information content (AvgIpc) is 2.85. The van der Waals surface area contributed by atoms with E-state index in [0.29, 0.717) is 24.3 Å². The Morgan fingerprint density at radius 1 is 0.853 bits per heavy atom. The van der Waals surface area contributed by atoms with Crippen molar-refractivity contribution in [3.63, 3.8) is 0 Å². The zero-order valence-electron chi connectivity index (χ0n) is 19.0. The van der Waals surface area contributed by atoms with Gasteiger partial charge in [0.15, 0.2) is 0 Å². The van der Waals surface area contributed by atoms with Crippen molar-refractivity contribution in [3.8, 4) is 0 Å². The summed E-state index contributed by atoms with van der Waals surface area (Å²) in [6.07, 6.45) is 6.92. The van der Waals surface area contributed by atoms with Gasteiger partial charge in [-0.3, -0.25) is 14.3 Å². The first-order valence-electron chi connectivity index (χ1n) is 11.8. The lowest BCUT2D eigenvalue weighted by molar-refractivity contribution is -0.137. The standard InChI is InChI=1S/C25H30FN3O4S/c26-20-8-12-23(13-9-20)34(32,33)28-22-10-6-18(7-11-22)24(30)27-21-14-16-29(17-15-21)25(31)19-4-2-1-3-5-19/h6-13,19,21,28H,1-5,14-17H2,(H,27,30). The summed E-state index contributed by atoms with van der Waals surface area (Å²) in [6, 6.07) is 10.7. The van der Waals surface area contributed by atoms with Crippen LogP contribution in [0, 0.1) is 11.7 Å². The van der Waals surface area contributed by atoms with Crippen LogP contribution < -0.4 is 10.0 Å². The molecule has 1 heterocycles. The number of hydrogen-bond acceptors (Lipinski definition) is 4. The van der Waals surface area contributed by atoms with E-state index < -0.39 is 15.8 Å². The van der Waals surface area contributed by atoms with E-state index in [1.807, 2.05) is 4.90 Å². The molecule has 9 heteroatoms. The molecule has 34 heavy (non-hydrogen) atoms. The molecule has 1 saturated heterocycles. The van der Waals surface area contributed by atoms with Crippen molar-refractivity contribution in [2.45, 2.75) is 55.9 Å². The predicted octanol–water partition coefficient (Wildman–Crippen LogP) is 3.93. The minimum absolute atomic E-state index is 0.000406. The van der Waals surface area contributed by atoms with Gasteiger partial charge >= 0.3 is 0 Å². The van der Waals surface area contributed by atoms with E-state index in [9.17, 15) is 22.4 Å². The normalized spacial score (nSPS) is 17.9. The average molecular weight is 488 g/mol. The Labute approximate surface area is 199 Å². The molecule has 0 radical (unpaired) electrons. The van der Waals surface area contributed by atoms with E-state index in [-0.39, 0.29) is 28.7 Å². The molecule has 182 valence electrons. The van der Waals surface area contributed by atoms with Gasteiger partial charge in [0, 0.05) is 36.3 Å². The monoisotopic (exact) mass is 487 g/mol. The highest BCUT2D eigenvalue weighted by Gasteiger charge is 2.29. The number of carbonyl (C=O) groups is 2. The fraction of sp³-hybridized carbons (Fsp3) is 0.440. The molecule has 2 aliphatic rings. The second kappa shape index (κ2) is 10.5. The van der Waals surface area contributed by atoms with Gasteiger partial charge in [0.2, 0.25) is 5.91 Å². The van der Waals surface area contributed by atoms with E-state index in [2.05, 4.69) is 10.0 Å². The molecule has 7 nitrogen and oxygen atoms in total. The number of halogens is 1. The first-order valence-corrected chi connectivity index (χ1v) is 13.3. The second-order valence-corrected chi connectivity index (χ2v) is 10.7. The van der Waals surface area contributed by atoms with E-state index in [0.717, 1.165) is 50.7 Å². The lowest BCUT2D eigenvalue weighted by atomic mass is 9.87. The van der Waals surface area contributed by atoms with Gasteiger partial charge in [0.05, 0.1) is 4.90 Å². The van der Waals surface area contributed by atoms with Crippen LogP contribution >= 0.6 is 0 Å². The van der Waals surface area contributed by atoms with Crippen LogP contribution in [0.1, 0.15) is 55.3 Å². The summed E-state index contributed by atoms with van der Waals surface area (Å²) in [6.45, 7) is 1.31. The summed E-state index contributed by atoms with van der Waals surface area (Å²) < 4.78 is 40.3. The minimum Gasteiger partial charge on any atom is -0.349 e. The molecule has 2 N–H and O–H groups in total. The fourth-order valence-electron chi connectivity index (χ4n) is 4.64. The predicted molar refractivity (Wildman–Crippen MR) is 127 cm³/mol. The topological polar surface area (TPSA) is 95.6 Å². The summed E-state index contributed by atoms with van der Waals surface area (Å²) in [7, 11) is -3.86. The summed E-state index contributed by atoms with van der Waals surface area (Å²) in [5.74, 6) is -0.317. The highest BCUT2D eigenvalue weighted by Crippen LogP contribution is 2.26. The van der Waals surface area contributed by atoms with Crippen molar-refractivity contribution < 1.29 is 22.4 Å². The first kappa shape index (κ1) is 24.2. The summed E-state index contributed by atoms with van der Waals surface area (Å²) in [5.41, 5.74) is 0.723. The smallest absolute Gasteiger partial charge is 0.261 e. The van der Waals surface area contributed by atoms with Crippen molar-refractivity contribution in [1.82, 2.24) is 10.2 Å². The molecule has 0 atom stereocenters. The third-order valence-corrected chi connectivity index (χ3v) is 8.02. The van der Waals surface area contributed by atoms with Crippen LogP contribution in [-0.4, -0.2) is 44.3 Å². The summed E-state index contributed by atoms with van der Waals surface area (Å²) in [5, 5.41) is 3.02. The molecule has 1 aliphatic carbocycles. The van der Waals surface area contributed by atoms with Gasteiger partial charge in [0.25, 0.3) is 15.9 Å². The number of nitrogens with zero attached hydrogens (tertiary/aromatic N) is 1. The zero-order valence-corrected chi connectivity index (χ0v) is 19.8. The molecule has 0 bridgehead atoms. The fourth-order valence-corrected chi connectivity index (χ4v) is 5.70. The van der Waals surface area contributed by atoms with Crippen LogP contribution in [0.2, 0.25) is 0 Å². The van der Waals surface area contributed by atoms with Crippen molar-refractivity contribution in [2.75, 3.05) is 17.8 Å². The van der Waals surface area contributed by atoms with Crippen LogP contribution in [0.4, 0.5) is 10.1 Å². The van der Waals surface area contributed by atoms with Crippen LogP contribution in [0.5, 0.6) is 0 Å². The molecule has 2 aromatic carbocycles. The lowest BCUT2D eigenvalue weighted by Crippen LogP contribution is -2.48. The molecule has 1 aliphatic heterocycles. The van der Waals surface area contributed by atoms with Gasteiger partial charge in [-0.25, -0.2) is 12.8 Å². The van der Waals surface area contributed by atoms with Gasteiger partial charge in [-0.1, -0.05) is 19.3 Å². The number of piperidine rings is 1. The molecule has 0 spiro atoms. The quantitative estimate of drug-likeness (QED) is 0.646. The summed E-state index contributed by atoms with van der Waals surface area (Å²) in [4.78, 5) is 27.3. The van der Waals surface area contributed by atoms with E-state index >= 15 is 0 Å². The number of anilines is 1. The van der Waals surface area contributed by atoms with Crippen LogP contribution in [-0.2, 0) is 14.8 Å². The largest absolute Gasteiger partial charge is 0.349 e. The van der Waals surface area contributed by atoms with E-state index in [4.69, 9.17) is 0 Å². The number of benzene rings is 2. The molecule has 2 amide bonds. The number of sulfonamides is 1. The lowest BCUT2D eigenvalue weighted by Gasteiger charge is -2.35. The Hall–Kier alpha value is -2.94. The number of hydrogen-bond donors (Lipinski definition) is 2. The minimum atomic E-state index is -3.86. The molecule has 0 aromatic heterocycles.